The van der Waals surface area contributed by atoms with E-state index in [1.54, 1.807) is 0 Å². The number of methoxy groups -OCH3 is 1. The van der Waals surface area contributed by atoms with Crippen LogP contribution in [-0.4, -0.2) is 25.7 Å². The van der Waals surface area contributed by atoms with Crippen molar-refractivity contribution in [1.29, 1.82) is 0 Å². The Balaban J connectivity index is 3.59. The molecule has 0 N–H and O–H groups in total. The summed E-state index contributed by atoms with van der Waals surface area (Å²) in [4.78, 5) is 23.6. The van der Waals surface area contributed by atoms with Gasteiger partial charge in [-0.2, -0.15) is 0 Å². The minimum Gasteiger partial charge on any atom is -0.469 e. The summed E-state index contributed by atoms with van der Waals surface area (Å²) in [7, 11) is 1.33. The van der Waals surface area contributed by atoms with E-state index in [1.807, 2.05) is 6.92 Å². The van der Waals surface area contributed by atoms with Crippen molar-refractivity contribution >= 4 is 12.0 Å². The minimum atomic E-state index is -0.279. The summed E-state index contributed by atoms with van der Waals surface area (Å²) in [5, 5.41) is 0. The third-order valence-corrected chi connectivity index (χ3v) is 1.21. The second kappa shape index (κ2) is 5.62. The van der Waals surface area contributed by atoms with E-state index < -0.39 is 0 Å². The van der Waals surface area contributed by atoms with Crippen molar-refractivity contribution in [3.8, 4) is 0 Å². The molecule has 0 aromatic heterocycles. The summed E-state index contributed by atoms with van der Waals surface area (Å²) in [5.41, 5.74) is 0. The monoisotopic (exact) mass is 157 g/mol. The van der Waals surface area contributed by atoms with Gasteiger partial charge in [-0.3, -0.25) is 4.79 Å². The molecule has 4 nitrogen and oxygen atoms in total. The van der Waals surface area contributed by atoms with Gasteiger partial charge in [0.25, 0.3) is 0 Å². The fourth-order valence-electron chi connectivity index (χ4n) is 0.626. The SMILES string of the molecule is COC(=O)CC(C)CN=C=O. The van der Waals surface area contributed by atoms with Crippen LogP contribution in [0.3, 0.4) is 0 Å². The van der Waals surface area contributed by atoms with Gasteiger partial charge in [0, 0.05) is 6.42 Å². The lowest BCUT2D eigenvalue weighted by atomic mass is 10.1. The first-order chi connectivity index (χ1) is 5.20. The highest BCUT2D eigenvalue weighted by atomic mass is 16.5. The number of hydrogen-bond acceptors (Lipinski definition) is 4. The summed E-state index contributed by atoms with van der Waals surface area (Å²) in [6.45, 7) is 2.15. The molecule has 0 aliphatic carbocycles. The Morgan fingerprint density at radius 1 is 1.73 bits per heavy atom. The number of isocyanates is 1. The van der Waals surface area contributed by atoms with Crippen LogP contribution in [0.15, 0.2) is 4.99 Å². The highest BCUT2D eigenvalue weighted by Gasteiger charge is 2.07. The molecule has 0 saturated carbocycles. The largest absolute Gasteiger partial charge is 0.469 e. The normalized spacial score (nSPS) is 11.5. The van der Waals surface area contributed by atoms with Crippen LogP contribution < -0.4 is 0 Å². The Morgan fingerprint density at radius 3 is 2.82 bits per heavy atom. The fourth-order valence-corrected chi connectivity index (χ4v) is 0.626. The van der Waals surface area contributed by atoms with Gasteiger partial charge in [-0.1, -0.05) is 6.92 Å². The molecule has 0 aromatic rings. The van der Waals surface area contributed by atoms with E-state index in [4.69, 9.17) is 0 Å². The molecule has 0 spiro atoms. The maximum Gasteiger partial charge on any atom is 0.305 e. The van der Waals surface area contributed by atoms with Gasteiger partial charge < -0.3 is 4.74 Å². The Hall–Kier alpha value is -1.15. The van der Waals surface area contributed by atoms with E-state index in [-0.39, 0.29) is 11.9 Å². The van der Waals surface area contributed by atoms with Gasteiger partial charge in [0.2, 0.25) is 6.08 Å². The summed E-state index contributed by atoms with van der Waals surface area (Å²) in [5.74, 6) is -0.234. The first-order valence-corrected chi connectivity index (χ1v) is 3.31. The molecule has 0 aliphatic rings. The average Bonchev–Trinajstić information content (AvgIpc) is 2.00. The Morgan fingerprint density at radius 2 is 2.36 bits per heavy atom. The molecule has 0 rings (SSSR count). The molecule has 0 fully saturated rings. The lowest BCUT2D eigenvalue weighted by molar-refractivity contribution is -0.141. The van der Waals surface area contributed by atoms with E-state index in [0.717, 1.165) is 0 Å². The highest BCUT2D eigenvalue weighted by molar-refractivity contribution is 5.69. The lowest BCUT2D eigenvalue weighted by Gasteiger charge is -2.03. The molecular weight excluding hydrogens is 146 g/mol. The summed E-state index contributed by atoms with van der Waals surface area (Å²) in [6.07, 6.45) is 1.71. The van der Waals surface area contributed by atoms with Crippen LogP contribution in [0, 0.1) is 5.92 Å². The van der Waals surface area contributed by atoms with Gasteiger partial charge in [0.15, 0.2) is 0 Å². The molecule has 0 amide bonds. The number of ether oxygens (including phenoxy) is 1. The standard InChI is InChI=1S/C7H11NO3/c1-6(4-8-5-9)3-7(10)11-2/h6H,3-4H2,1-2H3. The van der Waals surface area contributed by atoms with Crippen LogP contribution in [0.25, 0.3) is 0 Å². The Kier molecular flexibility index (Phi) is 5.03. The van der Waals surface area contributed by atoms with Crippen molar-refractivity contribution in [2.75, 3.05) is 13.7 Å². The molecule has 1 atom stereocenters. The van der Waals surface area contributed by atoms with Crippen LogP contribution in [0.1, 0.15) is 13.3 Å². The third-order valence-electron chi connectivity index (χ3n) is 1.21. The van der Waals surface area contributed by atoms with Gasteiger partial charge in [-0.25, -0.2) is 9.79 Å². The molecule has 1 unspecified atom stereocenters. The molecule has 0 saturated heterocycles. The van der Waals surface area contributed by atoms with Gasteiger partial charge in [0.05, 0.1) is 13.7 Å². The van der Waals surface area contributed by atoms with Crippen molar-refractivity contribution in [1.82, 2.24) is 0 Å². The zero-order valence-electron chi connectivity index (χ0n) is 6.66. The van der Waals surface area contributed by atoms with E-state index >= 15 is 0 Å². The molecule has 62 valence electrons. The number of aliphatic imine (C=N–C) groups is 1. The minimum absolute atomic E-state index is 0.0453. The molecule has 0 radical (unpaired) electrons. The topological polar surface area (TPSA) is 55.7 Å². The van der Waals surface area contributed by atoms with Crippen LogP contribution in [-0.2, 0) is 14.3 Å². The average molecular weight is 157 g/mol. The van der Waals surface area contributed by atoms with Gasteiger partial charge in [-0.15, -0.1) is 0 Å². The number of nitrogens with zero attached hydrogens (tertiary/aromatic N) is 1. The van der Waals surface area contributed by atoms with Crippen LogP contribution in [0.2, 0.25) is 0 Å². The van der Waals surface area contributed by atoms with E-state index in [0.29, 0.717) is 13.0 Å². The Labute approximate surface area is 65.3 Å². The lowest BCUT2D eigenvalue weighted by Crippen LogP contribution is -2.09. The predicted octanol–water partition coefficient (Wildman–Crippen LogP) is 0.521. The fraction of sp³-hybridized carbons (Fsp3) is 0.714. The van der Waals surface area contributed by atoms with Crippen molar-refractivity contribution in [3.63, 3.8) is 0 Å². The van der Waals surface area contributed by atoms with Crippen LogP contribution in [0.4, 0.5) is 0 Å². The molecule has 0 bridgehead atoms. The smallest absolute Gasteiger partial charge is 0.305 e. The first kappa shape index (κ1) is 9.85. The van der Waals surface area contributed by atoms with E-state index in [2.05, 4.69) is 9.73 Å². The van der Waals surface area contributed by atoms with Crippen LogP contribution in [0.5, 0.6) is 0 Å². The maximum atomic E-state index is 10.6. The zero-order valence-corrected chi connectivity index (χ0v) is 6.66. The van der Waals surface area contributed by atoms with Crippen molar-refractivity contribution in [2.24, 2.45) is 10.9 Å². The summed E-state index contributed by atoms with van der Waals surface area (Å²) >= 11 is 0. The molecule has 0 aliphatic heterocycles. The molecule has 0 aromatic carbocycles. The summed E-state index contributed by atoms with van der Waals surface area (Å²) in [6, 6.07) is 0. The molecule has 0 heterocycles. The number of carbonyl (C=O) groups is 1. The highest BCUT2D eigenvalue weighted by Crippen LogP contribution is 2.02. The van der Waals surface area contributed by atoms with Gasteiger partial charge in [-0.05, 0) is 5.92 Å². The number of carbonyl (C=O) groups excluding carboxylic acids is 2. The van der Waals surface area contributed by atoms with Gasteiger partial charge >= 0.3 is 5.97 Å². The van der Waals surface area contributed by atoms with Crippen molar-refractivity contribution in [3.05, 3.63) is 0 Å². The third kappa shape index (κ3) is 5.30. The first-order valence-electron chi connectivity index (χ1n) is 3.31. The van der Waals surface area contributed by atoms with E-state index in [9.17, 15) is 9.59 Å². The van der Waals surface area contributed by atoms with E-state index in [1.165, 1.54) is 13.2 Å². The second-order valence-electron chi connectivity index (χ2n) is 2.32. The van der Waals surface area contributed by atoms with Crippen molar-refractivity contribution in [2.45, 2.75) is 13.3 Å². The number of rotatable bonds is 4. The second-order valence-corrected chi connectivity index (χ2v) is 2.32. The number of hydrogen-bond donors (Lipinski definition) is 0. The van der Waals surface area contributed by atoms with Crippen molar-refractivity contribution < 1.29 is 14.3 Å². The number of esters is 1. The molecule has 4 heteroatoms. The Bertz CT molecular complexity index is 173. The molecular formula is C7H11NO3. The maximum absolute atomic E-state index is 10.6. The zero-order chi connectivity index (χ0) is 8.69. The summed E-state index contributed by atoms with van der Waals surface area (Å²) < 4.78 is 4.42. The quantitative estimate of drug-likeness (QED) is 0.339. The van der Waals surface area contributed by atoms with Gasteiger partial charge in [0.1, 0.15) is 0 Å². The predicted molar refractivity (Wildman–Crippen MR) is 38.8 cm³/mol. The van der Waals surface area contributed by atoms with Crippen LogP contribution >= 0.6 is 0 Å². The molecule has 11 heavy (non-hydrogen) atoms.